The Morgan fingerprint density at radius 2 is 1.62 bits per heavy atom. The molecule has 2 aromatic carbocycles. The van der Waals surface area contributed by atoms with Crippen molar-refractivity contribution in [3.63, 3.8) is 0 Å². The summed E-state index contributed by atoms with van der Waals surface area (Å²) in [5, 5.41) is 0. The van der Waals surface area contributed by atoms with Crippen molar-refractivity contribution >= 4 is 11.0 Å². The van der Waals surface area contributed by atoms with Gasteiger partial charge < -0.3 is 9.13 Å². The van der Waals surface area contributed by atoms with Gasteiger partial charge in [0.25, 0.3) is 0 Å². The Balaban J connectivity index is 1.92. The first-order valence-corrected chi connectivity index (χ1v) is 7.74. The van der Waals surface area contributed by atoms with Gasteiger partial charge in [-0.3, -0.25) is 0 Å². The maximum atomic E-state index is 13.6. The predicted octanol–water partition coefficient (Wildman–Crippen LogP) is 4.09. The molecule has 0 aliphatic heterocycles. The average Bonchev–Trinajstić information content (AvgIpc) is 3.13. The number of aryl methyl sites for hydroxylation is 3. The van der Waals surface area contributed by atoms with Crippen LogP contribution in [0.5, 0.6) is 0 Å². The molecule has 120 valence electrons. The lowest BCUT2D eigenvalue weighted by atomic mass is 10.0. The van der Waals surface area contributed by atoms with Gasteiger partial charge in [-0.2, -0.15) is 0 Å². The Kier molecular flexibility index (Phi) is 3.23. The van der Waals surface area contributed by atoms with Crippen LogP contribution in [0.4, 0.5) is 4.39 Å². The van der Waals surface area contributed by atoms with Crippen molar-refractivity contribution in [1.29, 1.82) is 0 Å². The summed E-state index contributed by atoms with van der Waals surface area (Å²) in [6, 6.07) is 11.3. The van der Waals surface area contributed by atoms with Crippen LogP contribution in [-0.2, 0) is 14.1 Å². The first-order chi connectivity index (χ1) is 11.5. The van der Waals surface area contributed by atoms with Crippen LogP contribution in [0.1, 0.15) is 5.56 Å². The van der Waals surface area contributed by atoms with E-state index in [-0.39, 0.29) is 5.82 Å². The Morgan fingerprint density at radius 1 is 0.875 bits per heavy atom. The van der Waals surface area contributed by atoms with Crippen LogP contribution in [0.25, 0.3) is 33.5 Å². The summed E-state index contributed by atoms with van der Waals surface area (Å²) in [6.07, 6.45) is 3.60. The molecule has 0 bridgehead atoms. The SMILES string of the molecule is Cc1cc(-c2ncn(C)c2-c2ccc3ncn(C)c3c2)ccc1F. The monoisotopic (exact) mass is 320 g/mol. The number of halogens is 1. The normalized spacial score (nSPS) is 11.3. The molecule has 0 saturated heterocycles. The van der Waals surface area contributed by atoms with Crippen molar-refractivity contribution in [2.75, 3.05) is 0 Å². The van der Waals surface area contributed by atoms with Crippen LogP contribution in [0.15, 0.2) is 49.1 Å². The van der Waals surface area contributed by atoms with E-state index in [1.54, 1.807) is 19.3 Å². The maximum absolute atomic E-state index is 13.6. The van der Waals surface area contributed by atoms with Crippen molar-refractivity contribution < 1.29 is 4.39 Å². The third-order valence-electron chi connectivity index (χ3n) is 4.37. The van der Waals surface area contributed by atoms with Crippen LogP contribution in [0.3, 0.4) is 0 Å². The first-order valence-electron chi connectivity index (χ1n) is 7.74. The number of benzene rings is 2. The molecule has 4 aromatic rings. The molecule has 0 saturated carbocycles. The molecular weight excluding hydrogens is 303 g/mol. The van der Waals surface area contributed by atoms with Crippen LogP contribution >= 0.6 is 0 Å². The van der Waals surface area contributed by atoms with Crippen molar-refractivity contribution in [3.8, 4) is 22.5 Å². The minimum atomic E-state index is -0.201. The van der Waals surface area contributed by atoms with Crippen LogP contribution < -0.4 is 0 Å². The molecule has 0 atom stereocenters. The van der Waals surface area contributed by atoms with Gasteiger partial charge in [0, 0.05) is 25.2 Å². The standard InChI is InChI=1S/C19H17FN4/c1-12-8-13(4-6-15(12)20)18-19(24(3)11-22-18)14-5-7-16-17(9-14)23(2)10-21-16/h4-11H,1-3H3. The fraction of sp³-hybridized carbons (Fsp3) is 0.158. The van der Waals surface area contributed by atoms with Gasteiger partial charge in [0.1, 0.15) is 5.82 Å². The van der Waals surface area contributed by atoms with Gasteiger partial charge >= 0.3 is 0 Å². The molecule has 2 heterocycles. The highest BCUT2D eigenvalue weighted by Crippen LogP contribution is 2.32. The molecule has 4 nitrogen and oxygen atoms in total. The number of nitrogens with zero attached hydrogens (tertiary/aromatic N) is 4. The lowest BCUT2D eigenvalue weighted by Crippen LogP contribution is -1.93. The second-order valence-corrected chi connectivity index (χ2v) is 6.08. The van der Waals surface area contributed by atoms with E-state index >= 15 is 0 Å². The Morgan fingerprint density at radius 3 is 2.42 bits per heavy atom. The first kappa shape index (κ1) is 14.6. The molecule has 0 fully saturated rings. The summed E-state index contributed by atoms with van der Waals surface area (Å²) in [4.78, 5) is 8.91. The molecule has 0 aliphatic rings. The summed E-state index contributed by atoms with van der Waals surface area (Å²) in [7, 11) is 3.95. The number of fused-ring (bicyclic) bond motifs is 1. The van der Waals surface area contributed by atoms with Crippen LogP contribution in [0, 0.1) is 12.7 Å². The minimum absolute atomic E-state index is 0.201. The topological polar surface area (TPSA) is 35.6 Å². The zero-order valence-corrected chi connectivity index (χ0v) is 13.8. The highest BCUT2D eigenvalue weighted by Gasteiger charge is 2.15. The molecule has 0 N–H and O–H groups in total. The van der Waals surface area contributed by atoms with E-state index in [4.69, 9.17) is 0 Å². The third kappa shape index (κ3) is 2.21. The van der Waals surface area contributed by atoms with E-state index in [1.807, 2.05) is 47.8 Å². The van der Waals surface area contributed by atoms with E-state index in [0.717, 1.165) is 33.5 Å². The van der Waals surface area contributed by atoms with E-state index < -0.39 is 0 Å². The number of hydrogen-bond donors (Lipinski definition) is 0. The number of rotatable bonds is 2. The Labute approximate surface area is 139 Å². The summed E-state index contributed by atoms with van der Waals surface area (Å²) in [5.74, 6) is -0.201. The molecule has 24 heavy (non-hydrogen) atoms. The van der Waals surface area contributed by atoms with Gasteiger partial charge in [-0.05, 0) is 42.8 Å². The Bertz CT molecular complexity index is 1060. The fourth-order valence-corrected chi connectivity index (χ4v) is 3.05. The second-order valence-electron chi connectivity index (χ2n) is 6.08. The summed E-state index contributed by atoms with van der Waals surface area (Å²) >= 11 is 0. The number of hydrogen-bond acceptors (Lipinski definition) is 2. The van der Waals surface area contributed by atoms with Crippen LogP contribution in [0.2, 0.25) is 0 Å². The molecule has 0 radical (unpaired) electrons. The maximum Gasteiger partial charge on any atom is 0.126 e. The van der Waals surface area contributed by atoms with Crippen LogP contribution in [-0.4, -0.2) is 19.1 Å². The molecule has 0 spiro atoms. The number of imidazole rings is 2. The lowest BCUT2D eigenvalue weighted by Gasteiger charge is -2.08. The molecule has 0 unspecified atom stereocenters. The molecular formula is C19H17FN4. The van der Waals surface area contributed by atoms with Gasteiger partial charge in [0.05, 0.1) is 35.1 Å². The highest BCUT2D eigenvalue weighted by molar-refractivity contribution is 5.86. The molecule has 5 heteroatoms. The van der Waals surface area contributed by atoms with Gasteiger partial charge in [0.2, 0.25) is 0 Å². The highest BCUT2D eigenvalue weighted by atomic mass is 19.1. The lowest BCUT2D eigenvalue weighted by molar-refractivity contribution is 0.619. The van der Waals surface area contributed by atoms with Crippen molar-refractivity contribution in [3.05, 3.63) is 60.4 Å². The second kappa shape index (κ2) is 5.30. The quantitative estimate of drug-likeness (QED) is 0.558. The van der Waals surface area contributed by atoms with Crippen molar-refractivity contribution in [1.82, 2.24) is 19.1 Å². The van der Waals surface area contributed by atoms with Crippen molar-refractivity contribution in [2.24, 2.45) is 14.1 Å². The van der Waals surface area contributed by atoms with Gasteiger partial charge in [-0.1, -0.05) is 6.07 Å². The largest absolute Gasteiger partial charge is 0.334 e. The van der Waals surface area contributed by atoms with E-state index in [9.17, 15) is 4.39 Å². The minimum Gasteiger partial charge on any atom is -0.334 e. The molecule has 4 rings (SSSR count). The fourth-order valence-electron chi connectivity index (χ4n) is 3.05. The average molecular weight is 320 g/mol. The number of aromatic nitrogens is 4. The van der Waals surface area contributed by atoms with Crippen molar-refractivity contribution in [2.45, 2.75) is 6.92 Å². The molecule has 2 aromatic heterocycles. The summed E-state index contributed by atoms with van der Waals surface area (Å²) in [6.45, 7) is 1.77. The smallest absolute Gasteiger partial charge is 0.126 e. The van der Waals surface area contributed by atoms with Gasteiger partial charge in [-0.25, -0.2) is 14.4 Å². The van der Waals surface area contributed by atoms with E-state index in [2.05, 4.69) is 16.0 Å². The van der Waals surface area contributed by atoms with E-state index in [1.165, 1.54) is 6.07 Å². The molecule has 0 amide bonds. The van der Waals surface area contributed by atoms with E-state index in [0.29, 0.717) is 5.56 Å². The summed E-state index contributed by atoms with van der Waals surface area (Å²) in [5.41, 5.74) is 6.47. The Hall–Kier alpha value is -2.95. The third-order valence-corrected chi connectivity index (χ3v) is 4.37. The van der Waals surface area contributed by atoms with Gasteiger partial charge in [0.15, 0.2) is 0 Å². The zero-order chi connectivity index (χ0) is 16.8. The predicted molar refractivity (Wildman–Crippen MR) is 93.0 cm³/mol. The van der Waals surface area contributed by atoms with Gasteiger partial charge in [-0.15, -0.1) is 0 Å². The molecule has 0 aliphatic carbocycles. The zero-order valence-electron chi connectivity index (χ0n) is 13.8. The summed E-state index contributed by atoms with van der Waals surface area (Å²) < 4.78 is 17.6.